The van der Waals surface area contributed by atoms with E-state index in [1.165, 1.54) is 5.56 Å². The number of carbonyl (C=O) groups excluding carboxylic acids is 1. The average Bonchev–Trinajstić information content (AvgIpc) is 3.39. The summed E-state index contributed by atoms with van der Waals surface area (Å²) in [6.45, 7) is 4.97. The van der Waals surface area contributed by atoms with E-state index in [1.54, 1.807) is 0 Å². The Labute approximate surface area is 159 Å². The Morgan fingerprint density at radius 3 is 2.67 bits per heavy atom. The molecule has 0 aliphatic carbocycles. The molecule has 1 aromatic heterocycles. The molecule has 3 heterocycles. The number of aryl methyl sites for hydroxylation is 1. The van der Waals surface area contributed by atoms with Crippen LogP contribution >= 0.6 is 0 Å². The number of benzene rings is 1. The normalized spacial score (nSPS) is 20.8. The van der Waals surface area contributed by atoms with Crippen LogP contribution in [0.1, 0.15) is 31.2 Å². The molecular weight excluding hydrogens is 344 g/mol. The first kappa shape index (κ1) is 18.0. The van der Waals surface area contributed by atoms with Gasteiger partial charge >= 0.3 is 6.01 Å². The van der Waals surface area contributed by atoms with Crippen molar-refractivity contribution in [1.82, 2.24) is 15.5 Å². The first-order valence-electron chi connectivity index (χ1n) is 9.74. The summed E-state index contributed by atoms with van der Waals surface area (Å²) >= 11 is 0. The number of hydrogen-bond acceptors (Lipinski definition) is 6. The van der Waals surface area contributed by atoms with Gasteiger partial charge in [-0.05, 0) is 44.7 Å². The van der Waals surface area contributed by atoms with Gasteiger partial charge in [0, 0.05) is 37.7 Å². The third-order valence-electron chi connectivity index (χ3n) is 5.38. The summed E-state index contributed by atoms with van der Waals surface area (Å²) in [5.41, 5.74) is 2.11. The Hall–Kier alpha value is -2.41. The second kappa shape index (κ2) is 8.08. The quantitative estimate of drug-likeness (QED) is 0.871. The predicted molar refractivity (Wildman–Crippen MR) is 101 cm³/mol. The number of aromatic nitrogens is 2. The maximum absolute atomic E-state index is 12.4. The second-order valence-electron chi connectivity index (χ2n) is 7.40. The second-order valence-corrected chi connectivity index (χ2v) is 7.40. The van der Waals surface area contributed by atoms with E-state index >= 15 is 0 Å². The van der Waals surface area contributed by atoms with Gasteiger partial charge in [0.2, 0.25) is 11.8 Å². The molecule has 0 radical (unpaired) electrons. The molecule has 4 rings (SSSR count). The molecule has 2 aromatic rings. The van der Waals surface area contributed by atoms with Gasteiger partial charge < -0.3 is 19.4 Å². The monoisotopic (exact) mass is 370 g/mol. The van der Waals surface area contributed by atoms with Crippen LogP contribution in [0.3, 0.4) is 0 Å². The van der Waals surface area contributed by atoms with E-state index in [9.17, 15) is 4.79 Å². The fourth-order valence-electron chi connectivity index (χ4n) is 3.65. The van der Waals surface area contributed by atoms with Gasteiger partial charge in [0.15, 0.2) is 0 Å². The summed E-state index contributed by atoms with van der Waals surface area (Å²) in [6.07, 6.45) is 3.90. The lowest BCUT2D eigenvalue weighted by molar-refractivity contribution is -0.126. The molecule has 2 fully saturated rings. The number of hydrogen-bond donors (Lipinski definition) is 1. The van der Waals surface area contributed by atoms with E-state index in [1.807, 2.05) is 31.2 Å². The van der Waals surface area contributed by atoms with Crippen molar-refractivity contribution >= 4 is 11.9 Å². The van der Waals surface area contributed by atoms with Crippen LogP contribution in [0, 0.1) is 12.8 Å². The van der Waals surface area contributed by atoms with Gasteiger partial charge in [-0.15, -0.1) is 5.10 Å². The maximum Gasteiger partial charge on any atom is 0.318 e. The summed E-state index contributed by atoms with van der Waals surface area (Å²) in [6, 6.07) is 8.55. The van der Waals surface area contributed by atoms with Crippen molar-refractivity contribution < 1.29 is 13.9 Å². The zero-order chi connectivity index (χ0) is 18.6. The number of ether oxygens (including phenoxy) is 1. The highest BCUT2D eigenvalue weighted by Gasteiger charge is 2.28. The number of nitrogens with zero attached hydrogens (tertiary/aromatic N) is 3. The van der Waals surface area contributed by atoms with Crippen LogP contribution in [0.25, 0.3) is 11.5 Å². The van der Waals surface area contributed by atoms with Crippen LogP contribution in [0.2, 0.25) is 0 Å². The van der Waals surface area contributed by atoms with Crippen molar-refractivity contribution in [3.63, 3.8) is 0 Å². The van der Waals surface area contributed by atoms with Crippen molar-refractivity contribution in [3.05, 3.63) is 29.8 Å². The highest BCUT2D eigenvalue weighted by Crippen LogP contribution is 2.26. The first-order valence-corrected chi connectivity index (χ1v) is 9.74. The van der Waals surface area contributed by atoms with Gasteiger partial charge in [0.1, 0.15) is 0 Å². The van der Waals surface area contributed by atoms with E-state index in [4.69, 9.17) is 9.15 Å². The number of rotatable bonds is 5. The minimum atomic E-state index is 0.0437. The SMILES string of the molecule is Cc1ccc(-c2nnc(N3CCC(C(=O)NCC4CCCO4)CC3)o2)cc1. The Morgan fingerprint density at radius 2 is 1.96 bits per heavy atom. The third-order valence-corrected chi connectivity index (χ3v) is 5.38. The lowest BCUT2D eigenvalue weighted by Crippen LogP contribution is -2.42. The van der Waals surface area contributed by atoms with Crippen LogP contribution in [-0.4, -0.2) is 48.4 Å². The van der Waals surface area contributed by atoms with Crippen molar-refractivity contribution in [2.24, 2.45) is 5.92 Å². The summed E-state index contributed by atoms with van der Waals surface area (Å²) < 4.78 is 11.4. The summed E-state index contributed by atoms with van der Waals surface area (Å²) in [4.78, 5) is 14.4. The van der Waals surface area contributed by atoms with Gasteiger partial charge in [-0.3, -0.25) is 4.79 Å². The smallest absolute Gasteiger partial charge is 0.318 e. The molecule has 1 aromatic carbocycles. The van der Waals surface area contributed by atoms with E-state index in [2.05, 4.69) is 20.4 Å². The molecule has 144 valence electrons. The summed E-state index contributed by atoms with van der Waals surface area (Å²) in [5, 5.41) is 11.4. The lowest BCUT2D eigenvalue weighted by atomic mass is 9.96. The largest absolute Gasteiger partial charge is 0.403 e. The van der Waals surface area contributed by atoms with Crippen molar-refractivity contribution in [2.45, 2.75) is 38.7 Å². The van der Waals surface area contributed by atoms with Crippen LogP contribution in [0.4, 0.5) is 6.01 Å². The zero-order valence-corrected chi connectivity index (χ0v) is 15.7. The Bertz CT molecular complexity index is 760. The van der Waals surface area contributed by atoms with E-state index < -0.39 is 0 Å². The molecule has 2 saturated heterocycles. The van der Waals surface area contributed by atoms with E-state index in [-0.39, 0.29) is 17.9 Å². The number of nitrogens with one attached hydrogen (secondary N) is 1. The van der Waals surface area contributed by atoms with Crippen molar-refractivity contribution in [3.8, 4) is 11.5 Å². The molecule has 0 saturated carbocycles. The molecule has 2 aliphatic heterocycles. The number of amides is 1. The van der Waals surface area contributed by atoms with Gasteiger partial charge in [-0.2, -0.15) is 0 Å². The van der Waals surface area contributed by atoms with Gasteiger partial charge in [-0.1, -0.05) is 22.8 Å². The van der Waals surface area contributed by atoms with Crippen molar-refractivity contribution in [1.29, 1.82) is 0 Å². The van der Waals surface area contributed by atoms with Crippen LogP contribution < -0.4 is 10.2 Å². The molecule has 2 aliphatic rings. The standard InChI is InChI=1S/C20H26N4O3/c1-14-4-6-16(7-5-14)19-22-23-20(27-19)24-10-8-15(9-11-24)18(25)21-13-17-3-2-12-26-17/h4-7,15,17H,2-3,8-13H2,1H3,(H,21,25). The molecule has 1 N–H and O–H groups in total. The van der Waals surface area contributed by atoms with Gasteiger partial charge in [0.25, 0.3) is 0 Å². The molecule has 1 unspecified atom stereocenters. The molecular formula is C20H26N4O3. The summed E-state index contributed by atoms with van der Waals surface area (Å²) in [7, 11) is 0. The van der Waals surface area contributed by atoms with Crippen LogP contribution in [-0.2, 0) is 9.53 Å². The fraction of sp³-hybridized carbons (Fsp3) is 0.550. The molecule has 0 spiro atoms. The summed E-state index contributed by atoms with van der Waals surface area (Å²) in [5.74, 6) is 0.708. The third kappa shape index (κ3) is 4.30. The number of carbonyl (C=O) groups is 1. The van der Waals surface area contributed by atoms with Crippen LogP contribution in [0.5, 0.6) is 0 Å². The van der Waals surface area contributed by atoms with Crippen LogP contribution in [0.15, 0.2) is 28.7 Å². The number of anilines is 1. The molecule has 7 heteroatoms. The minimum absolute atomic E-state index is 0.0437. The minimum Gasteiger partial charge on any atom is -0.403 e. The predicted octanol–water partition coefficient (Wildman–Crippen LogP) is 2.56. The van der Waals surface area contributed by atoms with Crippen molar-refractivity contribution in [2.75, 3.05) is 31.1 Å². The van der Waals surface area contributed by atoms with Gasteiger partial charge in [0.05, 0.1) is 6.10 Å². The topological polar surface area (TPSA) is 80.5 Å². The Morgan fingerprint density at radius 1 is 1.19 bits per heavy atom. The molecule has 27 heavy (non-hydrogen) atoms. The number of piperidine rings is 1. The van der Waals surface area contributed by atoms with E-state index in [0.717, 1.165) is 50.9 Å². The lowest BCUT2D eigenvalue weighted by Gasteiger charge is -2.30. The Balaban J connectivity index is 1.29. The van der Waals surface area contributed by atoms with Gasteiger partial charge in [-0.25, -0.2) is 0 Å². The fourth-order valence-corrected chi connectivity index (χ4v) is 3.65. The molecule has 1 amide bonds. The van der Waals surface area contributed by atoms with E-state index in [0.29, 0.717) is 18.5 Å². The zero-order valence-electron chi connectivity index (χ0n) is 15.7. The molecule has 1 atom stereocenters. The highest BCUT2D eigenvalue weighted by molar-refractivity contribution is 5.79. The molecule has 7 nitrogen and oxygen atoms in total. The first-order chi connectivity index (χ1) is 13.2. The highest BCUT2D eigenvalue weighted by atomic mass is 16.5. The Kier molecular flexibility index (Phi) is 5.38. The average molecular weight is 370 g/mol. The molecule has 0 bridgehead atoms. The maximum atomic E-state index is 12.4.